The first-order chi connectivity index (χ1) is 24.6. The van der Waals surface area contributed by atoms with Gasteiger partial charge in [-0.1, -0.05) is 149 Å². The minimum Gasteiger partial charge on any atom is -0.479 e. The van der Waals surface area contributed by atoms with Crippen LogP contribution >= 0.6 is 46.4 Å². The van der Waals surface area contributed by atoms with E-state index in [0.717, 1.165) is 44.8 Å². The standard InChI is InChI=1S/C41H31Cl4N3O3/c1-24-19-21-32(42)40(37(24)44)46-34-17-9-7-13-28(34)26-11-3-5-15-30(26)39(48-51-23-36(49)50)31-16-6-4-12-27(31)29-14-8-10-18-35(29)47-41-33(43)22-20-25(2)38(41)45/h3-22,46-47H,23H2,1-2H3,(H,49,50). The van der Waals surface area contributed by atoms with Gasteiger partial charge in [-0.25, -0.2) is 4.79 Å². The fraction of sp³-hybridized carbons (Fsp3) is 0.0732. The van der Waals surface area contributed by atoms with Gasteiger partial charge in [0.1, 0.15) is 5.71 Å². The summed E-state index contributed by atoms with van der Waals surface area (Å²) in [5.41, 5.74) is 9.51. The number of carbonyl (C=O) groups is 1. The number of hydrogen-bond acceptors (Lipinski definition) is 5. The molecule has 0 aliphatic heterocycles. The Kier molecular flexibility index (Phi) is 11.2. The molecule has 6 aromatic rings. The van der Waals surface area contributed by atoms with Gasteiger partial charge in [0.15, 0.2) is 0 Å². The van der Waals surface area contributed by atoms with Crippen molar-refractivity contribution in [3.8, 4) is 22.3 Å². The van der Waals surface area contributed by atoms with Crippen LogP contribution in [0.25, 0.3) is 22.3 Å². The van der Waals surface area contributed by atoms with Gasteiger partial charge in [0.2, 0.25) is 6.61 Å². The van der Waals surface area contributed by atoms with Crippen molar-refractivity contribution in [2.24, 2.45) is 5.16 Å². The van der Waals surface area contributed by atoms with Crippen LogP contribution in [0.1, 0.15) is 22.3 Å². The van der Waals surface area contributed by atoms with E-state index < -0.39 is 12.6 Å². The molecule has 6 aromatic carbocycles. The number of carboxylic acids is 1. The highest BCUT2D eigenvalue weighted by molar-refractivity contribution is 6.40. The Hall–Kier alpha value is -4.98. The Morgan fingerprint density at radius 3 is 1.41 bits per heavy atom. The number of halogens is 4. The Balaban J connectivity index is 1.52. The van der Waals surface area contributed by atoms with Gasteiger partial charge in [-0.15, -0.1) is 0 Å². The smallest absolute Gasteiger partial charge is 0.344 e. The van der Waals surface area contributed by atoms with Gasteiger partial charge in [-0.3, -0.25) is 0 Å². The molecule has 256 valence electrons. The minimum absolute atomic E-state index is 0.422. The number of carboxylic acid groups (broad SMARTS) is 1. The van der Waals surface area contributed by atoms with E-state index in [-0.39, 0.29) is 0 Å². The number of hydrogen-bond donors (Lipinski definition) is 3. The minimum atomic E-state index is -1.15. The van der Waals surface area contributed by atoms with Crippen molar-refractivity contribution >= 4 is 80.8 Å². The summed E-state index contributed by atoms with van der Waals surface area (Å²) in [5.74, 6) is -1.15. The van der Waals surface area contributed by atoms with Crippen LogP contribution in [-0.4, -0.2) is 23.4 Å². The molecule has 0 atom stereocenters. The molecule has 0 radical (unpaired) electrons. The van der Waals surface area contributed by atoms with E-state index in [2.05, 4.69) is 15.8 Å². The molecule has 0 aliphatic carbocycles. The molecule has 0 bridgehead atoms. The van der Waals surface area contributed by atoms with E-state index >= 15 is 0 Å². The zero-order chi connectivity index (χ0) is 36.1. The number of aliphatic carboxylic acids is 1. The molecular weight excluding hydrogens is 724 g/mol. The van der Waals surface area contributed by atoms with E-state index in [1.807, 2.05) is 123 Å². The van der Waals surface area contributed by atoms with Crippen molar-refractivity contribution in [1.82, 2.24) is 0 Å². The third kappa shape index (κ3) is 7.85. The Labute approximate surface area is 316 Å². The van der Waals surface area contributed by atoms with E-state index in [9.17, 15) is 9.90 Å². The Bertz CT molecular complexity index is 2140. The number of aryl methyl sites for hydroxylation is 2. The first kappa shape index (κ1) is 35.8. The molecule has 0 fully saturated rings. The van der Waals surface area contributed by atoms with Gasteiger partial charge in [0.05, 0.1) is 31.5 Å². The van der Waals surface area contributed by atoms with Gasteiger partial charge < -0.3 is 20.6 Å². The van der Waals surface area contributed by atoms with Crippen LogP contribution in [-0.2, 0) is 9.63 Å². The second kappa shape index (κ2) is 15.9. The van der Waals surface area contributed by atoms with Crippen LogP contribution in [0.15, 0.2) is 126 Å². The summed E-state index contributed by atoms with van der Waals surface area (Å²) in [4.78, 5) is 17.0. The second-order valence-corrected chi connectivity index (χ2v) is 13.2. The number of para-hydroxylation sites is 2. The average molecular weight is 756 g/mol. The number of nitrogens with one attached hydrogen (secondary N) is 2. The molecule has 0 aromatic heterocycles. The summed E-state index contributed by atoms with van der Waals surface area (Å²) >= 11 is 26.6. The number of anilines is 4. The lowest BCUT2D eigenvalue weighted by Crippen LogP contribution is -2.11. The van der Waals surface area contributed by atoms with Crippen LogP contribution in [0.5, 0.6) is 0 Å². The lowest BCUT2D eigenvalue weighted by Gasteiger charge is -2.20. The molecule has 0 heterocycles. The van der Waals surface area contributed by atoms with Gasteiger partial charge in [-0.05, 0) is 60.4 Å². The molecule has 6 rings (SSSR count). The van der Waals surface area contributed by atoms with Gasteiger partial charge in [0.25, 0.3) is 0 Å². The van der Waals surface area contributed by atoms with Crippen LogP contribution in [0.2, 0.25) is 20.1 Å². The van der Waals surface area contributed by atoms with Gasteiger partial charge in [0, 0.05) is 33.6 Å². The lowest BCUT2D eigenvalue weighted by atomic mass is 9.88. The quantitative estimate of drug-likeness (QED) is 0.0906. The second-order valence-electron chi connectivity index (χ2n) is 11.6. The maximum Gasteiger partial charge on any atom is 0.344 e. The largest absolute Gasteiger partial charge is 0.479 e. The highest BCUT2D eigenvalue weighted by atomic mass is 35.5. The topological polar surface area (TPSA) is 83.0 Å². The number of nitrogens with zero attached hydrogens (tertiary/aromatic N) is 1. The summed E-state index contributed by atoms with van der Waals surface area (Å²) in [6.45, 7) is 3.21. The number of benzene rings is 6. The van der Waals surface area contributed by atoms with E-state index in [0.29, 0.717) is 48.3 Å². The van der Waals surface area contributed by atoms with Crippen molar-refractivity contribution in [1.29, 1.82) is 0 Å². The average Bonchev–Trinajstić information content (AvgIpc) is 3.14. The van der Waals surface area contributed by atoms with Crippen LogP contribution < -0.4 is 10.6 Å². The third-order valence-corrected chi connectivity index (χ3v) is 9.83. The van der Waals surface area contributed by atoms with E-state index in [1.165, 1.54) is 0 Å². The zero-order valence-corrected chi connectivity index (χ0v) is 30.5. The van der Waals surface area contributed by atoms with Gasteiger partial charge in [-0.2, -0.15) is 0 Å². The zero-order valence-electron chi connectivity index (χ0n) is 27.5. The van der Waals surface area contributed by atoms with Crippen molar-refractivity contribution < 1.29 is 14.7 Å². The summed E-state index contributed by atoms with van der Waals surface area (Å²) in [5, 5.41) is 22.9. The molecule has 10 heteroatoms. The molecule has 51 heavy (non-hydrogen) atoms. The SMILES string of the molecule is Cc1ccc(Cl)c(Nc2ccccc2-c2ccccc2C(=NOCC(=O)O)c2ccccc2-c2ccccc2Nc2c(Cl)ccc(C)c2Cl)c1Cl. The maximum absolute atomic E-state index is 11.6. The fourth-order valence-electron chi connectivity index (χ4n) is 5.71. The monoisotopic (exact) mass is 753 g/mol. The normalized spacial score (nSPS) is 10.8. The van der Waals surface area contributed by atoms with Crippen molar-refractivity contribution in [3.63, 3.8) is 0 Å². The summed E-state index contributed by atoms with van der Waals surface area (Å²) < 4.78 is 0. The van der Waals surface area contributed by atoms with E-state index in [1.54, 1.807) is 12.1 Å². The maximum atomic E-state index is 11.6. The summed E-state index contributed by atoms with van der Waals surface area (Å²) in [7, 11) is 0. The molecule has 0 aliphatic rings. The van der Waals surface area contributed by atoms with Crippen LogP contribution in [0.3, 0.4) is 0 Å². The Morgan fingerprint density at radius 2 is 0.980 bits per heavy atom. The predicted octanol–water partition coefficient (Wildman–Crippen LogP) is 12.6. The number of oxime groups is 1. The molecule has 0 unspecified atom stereocenters. The van der Waals surface area contributed by atoms with E-state index in [4.69, 9.17) is 51.2 Å². The highest BCUT2D eigenvalue weighted by Gasteiger charge is 2.22. The first-order valence-electron chi connectivity index (χ1n) is 15.9. The van der Waals surface area contributed by atoms with Gasteiger partial charge >= 0.3 is 5.97 Å². The molecule has 3 N–H and O–H groups in total. The predicted molar refractivity (Wildman–Crippen MR) is 212 cm³/mol. The van der Waals surface area contributed by atoms with Crippen LogP contribution in [0.4, 0.5) is 22.7 Å². The van der Waals surface area contributed by atoms with Crippen molar-refractivity contribution in [2.45, 2.75) is 13.8 Å². The summed E-state index contributed by atoms with van der Waals surface area (Å²) in [6.07, 6.45) is 0. The fourth-order valence-corrected chi connectivity index (χ4v) is 6.64. The Morgan fingerprint density at radius 1 is 0.588 bits per heavy atom. The molecule has 0 spiro atoms. The molecule has 0 saturated carbocycles. The molecule has 0 saturated heterocycles. The van der Waals surface area contributed by atoms with Crippen molar-refractivity contribution in [2.75, 3.05) is 17.2 Å². The lowest BCUT2D eigenvalue weighted by molar-refractivity contribution is -0.142. The molecule has 0 amide bonds. The number of rotatable bonds is 11. The molecule has 6 nitrogen and oxygen atoms in total. The van der Waals surface area contributed by atoms with Crippen molar-refractivity contribution in [3.05, 3.63) is 164 Å². The first-order valence-corrected chi connectivity index (χ1v) is 17.4. The summed E-state index contributed by atoms with van der Waals surface area (Å²) in [6, 6.07) is 38.3. The molecular formula is C41H31Cl4N3O3. The third-order valence-electron chi connectivity index (χ3n) is 8.23. The highest BCUT2D eigenvalue weighted by Crippen LogP contribution is 2.42. The van der Waals surface area contributed by atoms with Crippen LogP contribution in [0, 0.1) is 13.8 Å².